The Hall–Kier alpha value is -2.89. The van der Waals surface area contributed by atoms with Gasteiger partial charge in [0.05, 0.1) is 16.6 Å². The summed E-state index contributed by atoms with van der Waals surface area (Å²) in [6.45, 7) is 0.141. The molecule has 0 spiro atoms. The standard InChI is InChI=1S/C14H11NO5/c16-14(17)11-4-1-3-10(7-11)9-20-13-6-2-5-12(8-13)15(18)19/h1-8H,9H2,(H,16,17). The average molecular weight is 273 g/mol. The van der Waals surface area contributed by atoms with Gasteiger partial charge in [0.1, 0.15) is 12.4 Å². The van der Waals surface area contributed by atoms with Crippen LogP contribution in [-0.2, 0) is 6.61 Å². The molecule has 0 aromatic heterocycles. The van der Waals surface area contributed by atoms with Crippen molar-refractivity contribution in [3.63, 3.8) is 0 Å². The number of non-ortho nitro benzene ring substituents is 1. The maximum atomic E-state index is 10.8. The third-order valence-electron chi connectivity index (χ3n) is 2.61. The zero-order valence-corrected chi connectivity index (χ0v) is 10.4. The summed E-state index contributed by atoms with van der Waals surface area (Å²) in [6, 6.07) is 12.2. The van der Waals surface area contributed by atoms with Crippen molar-refractivity contribution >= 4 is 11.7 Å². The molecular weight excluding hydrogens is 262 g/mol. The molecule has 0 atom stereocenters. The first-order valence-electron chi connectivity index (χ1n) is 5.76. The van der Waals surface area contributed by atoms with Crippen molar-refractivity contribution in [1.29, 1.82) is 0 Å². The minimum absolute atomic E-state index is 0.0539. The number of hydrogen-bond donors (Lipinski definition) is 1. The molecule has 2 aromatic carbocycles. The van der Waals surface area contributed by atoms with Crippen LogP contribution in [0, 0.1) is 10.1 Å². The van der Waals surface area contributed by atoms with Crippen molar-refractivity contribution in [2.24, 2.45) is 0 Å². The number of hydrogen-bond acceptors (Lipinski definition) is 4. The first-order chi connectivity index (χ1) is 9.56. The van der Waals surface area contributed by atoms with Gasteiger partial charge in [0, 0.05) is 6.07 Å². The minimum atomic E-state index is -1.01. The van der Waals surface area contributed by atoms with Gasteiger partial charge < -0.3 is 9.84 Å². The van der Waals surface area contributed by atoms with Gasteiger partial charge in [0.15, 0.2) is 0 Å². The van der Waals surface area contributed by atoms with Gasteiger partial charge in [0.2, 0.25) is 0 Å². The molecule has 102 valence electrons. The van der Waals surface area contributed by atoms with Crippen LogP contribution in [0.5, 0.6) is 5.75 Å². The fourth-order valence-corrected chi connectivity index (χ4v) is 1.65. The van der Waals surface area contributed by atoms with E-state index in [9.17, 15) is 14.9 Å². The summed E-state index contributed by atoms with van der Waals surface area (Å²) in [5, 5.41) is 19.5. The summed E-state index contributed by atoms with van der Waals surface area (Å²) in [5.74, 6) is -0.651. The Kier molecular flexibility index (Phi) is 3.95. The Labute approximate surface area is 114 Å². The molecule has 6 nitrogen and oxygen atoms in total. The molecule has 0 aliphatic heterocycles. The van der Waals surface area contributed by atoms with Gasteiger partial charge in [-0.15, -0.1) is 0 Å². The van der Waals surface area contributed by atoms with Crippen LogP contribution in [0.3, 0.4) is 0 Å². The molecule has 6 heteroatoms. The Morgan fingerprint density at radius 1 is 1.20 bits per heavy atom. The molecule has 0 heterocycles. The van der Waals surface area contributed by atoms with Crippen LogP contribution in [-0.4, -0.2) is 16.0 Å². The van der Waals surface area contributed by atoms with Crippen molar-refractivity contribution in [2.45, 2.75) is 6.61 Å². The van der Waals surface area contributed by atoms with Gasteiger partial charge in [-0.1, -0.05) is 18.2 Å². The van der Waals surface area contributed by atoms with E-state index in [1.54, 1.807) is 18.2 Å². The lowest BCUT2D eigenvalue weighted by molar-refractivity contribution is -0.384. The molecule has 0 saturated heterocycles. The van der Waals surface area contributed by atoms with Crippen LogP contribution in [0.2, 0.25) is 0 Å². The summed E-state index contributed by atoms with van der Waals surface area (Å²) in [5.41, 5.74) is 0.795. The highest BCUT2D eigenvalue weighted by atomic mass is 16.6. The lowest BCUT2D eigenvalue weighted by atomic mass is 10.1. The summed E-state index contributed by atoms with van der Waals surface area (Å²) < 4.78 is 5.42. The van der Waals surface area contributed by atoms with Crippen LogP contribution in [0.15, 0.2) is 48.5 Å². The number of carboxylic acids is 1. The Bertz CT molecular complexity index is 596. The molecule has 0 saturated carbocycles. The van der Waals surface area contributed by atoms with Gasteiger partial charge >= 0.3 is 5.97 Å². The molecule has 1 N–H and O–H groups in total. The molecule has 2 aromatic rings. The van der Waals surface area contributed by atoms with Crippen LogP contribution in [0.25, 0.3) is 0 Å². The summed E-state index contributed by atoms with van der Waals surface area (Å²) in [6.07, 6.45) is 0. The molecular formula is C14H11NO5. The van der Waals surface area contributed by atoms with E-state index in [1.807, 2.05) is 0 Å². The van der Waals surface area contributed by atoms with Crippen molar-refractivity contribution in [3.05, 3.63) is 69.8 Å². The van der Waals surface area contributed by atoms with Gasteiger partial charge in [-0.25, -0.2) is 4.79 Å². The highest BCUT2D eigenvalue weighted by Crippen LogP contribution is 2.20. The van der Waals surface area contributed by atoms with Gasteiger partial charge in [-0.05, 0) is 23.8 Å². The predicted molar refractivity (Wildman–Crippen MR) is 70.8 cm³/mol. The molecule has 0 aliphatic rings. The van der Waals surface area contributed by atoms with E-state index in [1.165, 1.54) is 30.3 Å². The topological polar surface area (TPSA) is 89.7 Å². The highest BCUT2D eigenvalue weighted by Gasteiger charge is 2.07. The number of nitro groups is 1. The minimum Gasteiger partial charge on any atom is -0.489 e. The quantitative estimate of drug-likeness (QED) is 0.668. The summed E-state index contributed by atoms with van der Waals surface area (Å²) in [4.78, 5) is 21.0. The van der Waals surface area contributed by atoms with Gasteiger partial charge in [-0.2, -0.15) is 0 Å². The third kappa shape index (κ3) is 3.32. The first kappa shape index (κ1) is 13.5. The molecule has 0 amide bonds. The zero-order chi connectivity index (χ0) is 14.5. The van der Waals surface area contributed by atoms with Crippen LogP contribution >= 0.6 is 0 Å². The van der Waals surface area contributed by atoms with Crippen LogP contribution in [0.1, 0.15) is 15.9 Å². The SMILES string of the molecule is O=C(O)c1cccc(COc2cccc([N+](=O)[O-])c2)c1. The van der Waals surface area contributed by atoms with Crippen molar-refractivity contribution in [2.75, 3.05) is 0 Å². The number of rotatable bonds is 5. The fraction of sp³-hybridized carbons (Fsp3) is 0.0714. The monoisotopic (exact) mass is 273 g/mol. The number of aromatic carboxylic acids is 1. The molecule has 2 rings (SSSR count). The van der Waals surface area contributed by atoms with Crippen molar-refractivity contribution in [3.8, 4) is 5.75 Å². The number of carbonyl (C=O) groups is 1. The van der Waals surface area contributed by atoms with Crippen LogP contribution < -0.4 is 4.74 Å². The molecule has 0 aliphatic carbocycles. The summed E-state index contributed by atoms with van der Waals surface area (Å²) in [7, 11) is 0. The maximum Gasteiger partial charge on any atom is 0.335 e. The van der Waals surface area contributed by atoms with Crippen molar-refractivity contribution < 1.29 is 19.6 Å². The van der Waals surface area contributed by atoms with E-state index < -0.39 is 10.9 Å². The third-order valence-corrected chi connectivity index (χ3v) is 2.61. The van der Waals surface area contributed by atoms with E-state index in [0.29, 0.717) is 11.3 Å². The average Bonchev–Trinajstić information content (AvgIpc) is 2.45. The highest BCUT2D eigenvalue weighted by molar-refractivity contribution is 5.87. The van der Waals surface area contributed by atoms with Crippen molar-refractivity contribution in [1.82, 2.24) is 0 Å². The number of nitro benzene ring substituents is 1. The lowest BCUT2D eigenvalue weighted by Crippen LogP contribution is -2.00. The predicted octanol–water partition coefficient (Wildman–Crippen LogP) is 2.87. The van der Waals surface area contributed by atoms with E-state index in [0.717, 1.165) is 0 Å². The molecule has 0 unspecified atom stereocenters. The molecule has 0 bridgehead atoms. The van der Waals surface area contributed by atoms with Gasteiger partial charge in [-0.3, -0.25) is 10.1 Å². The fourth-order valence-electron chi connectivity index (χ4n) is 1.65. The molecule has 20 heavy (non-hydrogen) atoms. The number of ether oxygens (including phenoxy) is 1. The normalized spacial score (nSPS) is 10.0. The summed E-state index contributed by atoms with van der Waals surface area (Å²) >= 11 is 0. The maximum absolute atomic E-state index is 10.8. The number of benzene rings is 2. The second kappa shape index (κ2) is 5.83. The second-order valence-corrected chi connectivity index (χ2v) is 4.05. The van der Waals surface area contributed by atoms with E-state index in [4.69, 9.17) is 9.84 Å². The smallest absolute Gasteiger partial charge is 0.335 e. The Morgan fingerprint density at radius 2 is 1.95 bits per heavy atom. The lowest BCUT2D eigenvalue weighted by Gasteiger charge is -2.06. The van der Waals surface area contributed by atoms with E-state index in [-0.39, 0.29) is 17.9 Å². The van der Waals surface area contributed by atoms with E-state index in [2.05, 4.69) is 0 Å². The van der Waals surface area contributed by atoms with Gasteiger partial charge in [0.25, 0.3) is 5.69 Å². The largest absolute Gasteiger partial charge is 0.489 e. The number of carboxylic acid groups (broad SMARTS) is 1. The Balaban J connectivity index is 2.08. The zero-order valence-electron chi connectivity index (χ0n) is 10.4. The Morgan fingerprint density at radius 3 is 2.65 bits per heavy atom. The molecule has 0 fully saturated rings. The second-order valence-electron chi connectivity index (χ2n) is 4.05. The number of nitrogens with zero attached hydrogens (tertiary/aromatic N) is 1. The molecule has 0 radical (unpaired) electrons. The first-order valence-corrected chi connectivity index (χ1v) is 5.76. The van der Waals surface area contributed by atoms with Crippen LogP contribution in [0.4, 0.5) is 5.69 Å². The van der Waals surface area contributed by atoms with E-state index >= 15 is 0 Å².